The number of halogens is 8. The van der Waals surface area contributed by atoms with E-state index in [9.17, 15) is 30.7 Å². The monoisotopic (exact) mass is 260 g/mol. The first-order valence-electron chi connectivity index (χ1n) is 2.26. The van der Waals surface area contributed by atoms with Crippen molar-refractivity contribution in [3.8, 4) is 0 Å². The van der Waals surface area contributed by atoms with Crippen molar-refractivity contribution in [3.63, 3.8) is 0 Å². The average molecular weight is 261 g/mol. The van der Waals surface area contributed by atoms with E-state index in [4.69, 9.17) is 0 Å². The van der Waals surface area contributed by atoms with Gasteiger partial charge < -0.3 is 0 Å². The van der Waals surface area contributed by atoms with Crippen LogP contribution in [0.1, 0.15) is 0 Å². The van der Waals surface area contributed by atoms with Crippen LogP contribution in [0.4, 0.5) is 30.7 Å². The van der Waals surface area contributed by atoms with E-state index in [1.54, 1.807) is 0 Å². The van der Waals surface area contributed by atoms with E-state index >= 15 is 0 Å². The van der Waals surface area contributed by atoms with Crippen molar-refractivity contribution in [2.24, 2.45) is 0 Å². The molecule has 0 rings (SSSR count). The molecule has 0 aromatic carbocycles. The Labute approximate surface area is 70.2 Å². The summed E-state index contributed by atoms with van der Waals surface area (Å²) in [4.78, 5) is 0. The highest BCUT2D eigenvalue weighted by molar-refractivity contribution is 9.11. The van der Waals surface area contributed by atoms with Crippen molar-refractivity contribution in [3.05, 3.63) is 10.3 Å². The van der Waals surface area contributed by atoms with Crippen LogP contribution in [-0.4, -0.2) is 12.4 Å². The van der Waals surface area contributed by atoms with Gasteiger partial charge in [-0.05, 0) is 15.9 Å². The Morgan fingerprint density at radius 3 is 1.08 bits per heavy atom. The maximum atomic E-state index is 11.7. The molecule has 0 bridgehead atoms. The molecule has 0 aromatic heterocycles. The lowest BCUT2D eigenvalue weighted by Crippen LogP contribution is -2.26. The highest BCUT2D eigenvalue weighted by Gasteiger charge is 2.53. The van der Waals surface area contributed by atoms with Crippen LogP contribution >= 0.6 is 15.9 Å². The first-order valence-corrected chi connectivity index (χ1v) is 3.05. The van der Waals surface area contributed by atoms with Gasteiger partial charge >= 0.3 is 12.4 Å². The normalized spacial score (nSPS) is 13.0. The van der Waals surface area contributed by atoms with Gasteiger partial charge in [-0.1, -0.05) is 0 Å². The second-order valence-electron chi connectivity index (χ2n) is 1.63. The summed E-state index contributed by atoms with van der Waals surface area (Å²) in [6.07, 6.45) is -11.5. The molecule has 0 aliphatic carbocycles. The summed E-state index contributed by atoms with van der Waals surface area (Å²) in [6.45, 7) is 0. The SMILES string of the molecule is FC(Br)=C(C(F)(F)F)C(F)(F)F. The zero-order chi connectivity index (χ0) is 10.2. The molecule has 0 saturated carbocycles. The summed E-state index contributed by atoms with van der Waals surface area (Å²) >= 11 is 1.49. The first kappa shape index (κ1) is 11.7. The van der Waals surface area contributed by atoms with Crippen LogP contribution in [0.3, 0.4) is 0 Å². The van der Waals surface area contributed by atoms with Gasteiger partial charge in [-0.2, -0.15) is 30.7 Å². The van der Waals surface area contributed by atoms with E-state index in [0.717, 1.165) is 0 Å². The molecule has 0 atom stereocenters. The molecule has 0 nitrogen and oxygen atoms in total. The molecule has 0 aromatic rings. The Kier molecular flexibility index (Phi) is 3.16. The maximum absolute atomic E-state index is 11.7. The van der Waals surface area contributed by atoms with E-state index in [1.807, 2.05) is 0 Å². The second-order valence-corrected chi connectivity index (χ2v) is 2.33. The Morgan fingerprint density at radius 1 is 0.833 bits per heavy atom. The van der Waals surface area contributed by atoms with E-state index < -0.39 is 22.7 Å². The number of hydrogen-bond acceptors (Lipinski definition) is 0. The standard InChI is InChI=1S/C4BrF7/c5-2(6)1(3(7,8)9)4(10,11)12. The van der Waals surface area contributed by atoms with Gasteiger partial charge in [0.25, 0.3) is 0 Å². The van der Waals surface area contributed by atoms with E-state index in [0.29, 0.717) is 0 Å². The third-order valence-electron chi connectivity index (χ3n) is 0.756. The van der Waals surface area contributed by atoms with Gasteiger partial charge in [-0.25, -0.2) is 0 Å². The minimum atomic E-state index is -5.74. The van der Waals surface area contributed by atoms with Crippen LogP contribution in [0, 0.1) is 0 Å². The van der Waals surface area contributed by atoms with Crippen LogP contribution in [0.15, 0.2) is 10.3 Å². The molecule has 0 fully saturated rings. The van der Waals surface area contributed by atoms with Crippen LogP contribution in [0.5, 0.6) is 0 Å². The molecule has 8 heteroatoms. The van der Waals surface area contributed by atoms with Crippen molar-refractivity contribution >= 4 is 15.9 Å². The molecule has 0 spiro atoms. The second kappa shape index (κ2) is 3.23. The van der Waals surface area contributed by atoms with E-state index in [-0.39, 0.29) is 0 Å². The number of alkyl halides is 6. The van der Waals surface area contributed by atoms with Crippen molar-refractivity contribution in [1.82, 2.24) is 0 Å². The van der Waals surface area contributed by atoms with Gasteiger partial charge in [0.2, 0.25) is 0 Å². The highest BCUT2D eigenvalue weighted by Crippen LogP contribution is 2.42. The molecule has 0 radical (unpaired) electrons. The smallest absolute Gasteiger partial charge is 0.198 e. The minimum absolute atomic E-state index is 1.49. The fraction of sp³-hybridized carbons (Fsp3) is 0.500. The van der Waals surface area contributed by atoms with Crippen LogP contribution < -0.4 is 0 Å². The predicted octanol–water partition coefficient (Wildman–Crippen LogP) is 3.69. The largest absolute Gasteiger partial charge is 0.424 e. The van der Waals surface area contributed by atoms with Crippen molar-refractivity contribution in [1.29, 1.82) is 0 Å². The van der Waals surface area contributed by atoms with Crippen molar-refractivity contribution in [2.45, 2.75) is 12.4 Å². The van der Waals surface area contributed by atoms with Gasteiger partial charge in [-0.3, -0.25) is 0 Å². The molecular formula is C4BrF7. The summed E-state index contributed by atoms with van der Waals surface area (Å²) in [5, 5.41) is 0. The highest BCUT2D eigenvalue weighted by atomic mass is 79.9. The minimum Gasteiger partial charge on any atom is -0.198 e. The molecule has 0 unspecified atom stereocenters. The van der Waals surface area contributed by atoms with Crippen LogP contribution in [0.2, 0.25) is 0 Å². The third-order valence-corrected chi connectivity index (χ3v) is 1.15. The maximum Gasteiger partial charge on any atom is 0.424 e. The van der Waals surface area contributed by atoms with Gasteiger partial charge in [-0.15, -0.1) is 0 Å². The number of hydrogen-bond donors (Lipinski definition) is 0. The predicted molar refractivity (Wildman–Crippen MR) is 29.2 cm³/mol. The summed E-state index contributed by atoms with van der Waals surface area (Å²) < 4.78 is 77.8. The topological polar surface area (TPSA) is 0 Å². The summed E-state index contributed by atoms with van der Waals surface area (Å²) in [7, 11) is 0. The van der Waals surface area contributed by atoms with Crippen LogP contribution in [-0.2, 0) is 0 Å². The molecule has 0 saturated heterocycles. The fourth-order valence-electron chi connectivity index (χ4n) is 0.375. The molecule has 72 valence electrons. The van der Waals surface area contributed by atoms with Gasteiger partial charge in [0.1, 0.15) is 0 Å². The third kappa shape index (κ3) is 3.00. The quantitative estimate of drug-likeness (QED) is 0.583. The zero-order valence-corrected chi connectivity index (χ0v) is 6.61. The molecule has 0 aliphatic rings. The molecule has 0 N–H and O–H groups in total. The summed E-state index contributed by atoms with van der Waals surface area (Å²) in [6, 6.07) is 0. The van der Waals surface area contributed by atoms with Gasteiger partial charge in [0, 0.05) is 0 Å². The lowest BCUT2D eigenvalue weighted by Gasteiger charge is -2.13. The van der Waals surface area contributed by atoms with Crippen molar-refractivity contribution < 1.29 is 30.7 Å². The summed E-state index contributed by atoms with van der Waals surface area (Å²) in [5.41, 5.74) is -3.17. The van der Waals surface area contributed by atoms with Crippen LogP contribution in [0.25, 0.3) is 0 Å². The Balaban J connectivity index is 5.13. The zero-order valence-electron chi connectivity index (χ0n) is 5.02. The summed E-state index contributed by atoms with van der Waals surface area (Å²) in [5.74, 6) is 0. The Bertz CT molecular complexity index is 176. The lowest BCUT2D eigenvalue weighted by atomic mass is 10.3. The Morgan fingerprint density at radius 2 is 1.08 bits per heavy atom. The molecular weight excluding hydrogens is 261 g/mol. The van der Waals surface area contributed by atoms with Gasteiger partial charge in [0.05, 0.1) is 0 Å². The molecule has 0 amide bonds. The number of allylic oxidation sites excluding steroid dienone is 1. The fourth-order valence-corrected chi connectivity index (χ4v) is 0.825. The molecule has 0 aliphatic heterocycles. The van der Waals surface area contributed by atoms with Gasteiger partial charge in [0.15, 0.2) is 10.3 Å². The first-order chi connectivity index (χ1) is 5.07. The van der Waals surface area contributed by atoms with E-state index in [1.165, 1.54) is 15.9 Å². The number of rotatable bonds is 0. The Hall–Kier alpha value is -0.270. The van der Waals surface area contributed by atoms with E-state index in [2.05, 4.69) is 0 Å². The molecule has 0 heterocycles. The lowest BCUT2D eigenvalue weighted by molar-refractivity contribution is -0.173. The average Bonchev–Trinajstić information content (AvgIpc) is 1.49. The molecule has 12 heavy (non-hydrogen) atoms. The van der Waals surface area contributed by atoms with Crippen molar-refractivity contribution in [2.75, 3.05) is 0 Å².